The molecule has 2 aromatic carbocycles. The number of carbonyl (C=O) groups excluding carboxylic acids is 1. The quantitative estimate of drug-likeness (QED) is 0.356. The summed E-state index contributed by atoms with van der Waals surface area (Å²) in [5.74, 6) is -0.876. The molecule has 11 heteroatoms. The van der Waals surface area contributed by atoms with Gasteiger partial charge in [-0.2, -0.15) is 0 Å². The first kappa shape index (κ1) is 18.6. The third kappa shape index (κ3) is 4.15. The zero-order valence-electron chi connectivity index (χ0n) is 13.3. The van der Waals surface area contributed by atoms with Crippen molar-refractivity contribution in [2.45, 2.75) is 0 Å². The maximum Gasteiger partial charge on any atom is 0.302 e. The van der Waals surface area contributed by atoms with E-state index in [9.17, 15) is 20.0 Å². The Kier molecular flexibility index (Phi) is 5.24. The number of benzene rings is 2. The van der Waals surface area contributed by atoms with Crippen LogP contribution in [0.5, 0.6) is 11.6 Å². The second-order valence-corrected chi connectivity index (χ2v) is 6.11. The minimum absolute atomic E-state index is 0.0911. The molecule has 0 bridgehead atoms. The molecule has 2 N–H and O–H groups in total. The fraction of sp³-hybridized carbons (Fsp3) is 0.0625. The summed E-state index contributed by atoms with van der Waals surface area (Å²) in [5.41, 5.74) is 0.125. The Balaban J connectivity index is 1.76. The normalized spacial score (nSPS) is 11.2. The number of hydrogen-bond acceptors (Lipinski definition) is 6. The summed E-state index contributed by atoms with van der Waals surface area (Å²) in [6.07, 6.45) is 0. The fourth-order valence-corrected chi connectivity index (χ4v) is 2.70. The van der Waals surface area contributed by atoms with Gasteiger partial charge in [0.05, 0.1) is 15.5 Å². The third-order valence-electron chi connectivity index (χ3n) is 3.45. The largest absolute Gasteiger partial charge is 0.493 e. The predicted octanol–water partition coefficient (Wildman–Crippen LogP) is 4.78. The molecule has 3 aromatic rings. The molecule has 0 radical (unpaired) electrons. The Hall–Kier alpha value is -3.17. The number of carbonyl (C=O) groups is 1. The van der Waals surface area contributed by atoms with E-state index in [0.29, 0.717) is 10.5 Å². The summed E-state index contributed by atoms with van der Waals surface area (Å²) >= 11 is 11.7. The van der Waals surface area contributed by atoms with Crippen molar-refractivity contribution in [3.8, 4) is 11.6 Å². The average Bonchev–Trinajstić information content (AvgIpc) is 2.93. The molecule has 0 aliphatic heterocycles. The molecule has 0 saturated heterocycles. The Morgan fingerprint density at radius 1 is 1.26 bits per heavy atom. The highest BCUT2D eigenvalue weighted by atomic mass is 35.5. The van der Waals surface area contributed by atoms with Crippen molar-refractivity contribution in [1.82, 2.24) is 4.98 Å². The van der Waals surface area contributed by atoms with Crippen LogP contribution in [-0.2, 0) is 4.79 Å². The van der Waals surface area contributed by atoms with Gasteiger partial charge in [0.2, 0.25) is 5.88 Å². The Morgan fingerprint density at radius 3 is 2.74 bits per heavy atom. The molecule has 1 amide bonds. The first-order valence-corrected chi connectivity index (χ1v) is 8.12. The Morgan fingerprint density at radius 2 is 2.04 bits per heavy atom. The SMILES string of the molecule is O=C(COc1ccc(Cl)cc1Cl)N=Nc1c(O)[nH]c2ccc([N+](=O)[O-])cc12. The van der Waals surface area contributed by atoms with Gasteiger partial charge in [-0.1, -0.05) is 23.2 Å². The number of halogens is 2. The van der Waals surface area contributed by atoms with Gasteiger partial charge in [0.25, 0.3) is 5.69 Å². The standard InChI is InChI=1S/C16H10Cl2N4O5/c17-8-1-4-13(11(18)5-8)27-7-14(23)20-21-15-10-6-9(22(25)26)2-3-12(10)19-16(15)24/h1-6,19,24H,7H2. The number of non-ortho nitro benzene ring substituents is 1. The summed E-state index contributed by atoms with van der Waals surface area (Å²) in [6, 6.07) is 8.41. The number of fused-ring (bicyclic) bond motifs is 1. The van der Waals surface area contributed by atoms with Crippen LogP contribution in [-0.4, -0.2) is 27.5 Å². The number of nitrogens with one attached hydrogen (secondary N) is 1. The van der Waals surface area contributed by atoms with Crippen molar-refractivity contribution in [3.63, 3.8) is 0 Å². The topological polar surface area (TPSA) is 130 Å². The van der Waals surface area contributed by atoms with E-state index in [4.69, 9.17) is 27.9 Å². The number of nitro groups is 1. The van der Waals surface area contributed by atoms with E-state index in [1.807, 2.05) is 0 Å². The van der Waals surface area contributed by atoms with Crippen molar-refractivity contribution in [1.29, 1.82) is 0 Å². The van der Waals surface area contributed by atoms with E-state index in [2.05, 4.69) is 15.2 Å². The van der Waals surface area contributed by atoms with Crippen LogP contribution in [0.2, 0.25) is 10.0 Å². The molecule has 1 heterocycles. The molecular weight excluding hydrogens is 399 g/mol. The van der Waals surface area contributed by atoms with Crippen LogP contribution in [0.1, 0.15) is 0 Å². The first-order valence-electron chi connectivity index (χ1n) is 7.36. The lowest BCUT2D eigenvalue weighted by atomic mass is 10.2. The van der Waals surface area contributed by atoms with Crippen molar-refractivity contribution in [3.05, 3.63) is 56.6 Å². The summed E-state index contributed by atoms with van der Waals surface area (Å²) < 4.78 is 5.24. The second kappa shape index (κ2) is 7.60. The maximum atomic E-state index is 11.9. The number of azo groups is 1. The zero-order valence-corrected chi connectivity index (χ0v) is 14.9. The maximum absolute atomic E-state index is 11.9. The van der Waals surface area contributed by atoms with Crippen LogP contribution in [0.4, 0.5) is 11.4 Å². The Bertz CT molecular complexity index is 1080. The molecule has 0 atom stereocenters. The molecule has 0 aliphatic rings. The Labute approximate surface area is 161 Å². The van der Waals surface area contributed by atoms with Gasteiger partial charge in [0.1, 0.15) is 5.75 Å². The number of aromatic amines is 1. The number of nitro benzene ring substituents is 1. The summed E-state index contributed by atoms with van der Waals surface area (Å²) in [7, 11) is 0. The smallest absolute Gasteiger partial charge is 0.302 e. The van der Waals surface area contributed by atoms with Gasteiger partial charge in [-0.15, -0.1) is 10.2 Å². The second-order valence-electron chi connectivity index (χ2n) is 5.27. The molecular formula is C16H10Cl2N4O5. The van der Waals surface area contributed by atoms with Gasteiger partial charge in [-0.3, -0.25) is 14.9 Å². The number of amides is 1. The molecule has 0 spiro atoms. The van der Waals surface area contributed by atoms with Gasteiger partial charge >= 0.3 is 5.91 Å². The highest BCUT2D eigenvalue weighted by Crippen LogP contribution is 2.37. The summed E-state index contributed by atoms with van der Waals surface area (Å²) in [6.45, 7) is -0.450. The lowest BCUT2D eigenvalue weighted by Gasteiger charge is -2.05. The van der Waals surface area contributed by atoms with Crippen molar-refractivity contribution < 1.29 is 19.6 Å². The van der Waals surface area contributed by atoms with Gasteiger partial charge in [-0.25, -0.2) is 0 Å². The number of aromatic nitrogens is 1. The third-order valence-corrected chi connectivity index (χ3v) is 3.98. The van der Waals surface area contributed by atoms with Gasteiger partial charge in [0.15, 0.2) is 12.3 Å². The number of hydrogen-bond donors (Lipinski definition) is 2. The number of H-pyrrole nitrogens is 1. The molecule has 9 nitrogen and oxygen atoms in total. The van der Waals surface area contributed by atoms with Crippen LogP contribution >= 0.6 is 23.2 Å². The highest BCUT2D eigenvalue weighted by molar-refractivity contribution is 6.35. The minimum atomic E-state index is -0.750. The average molecular weight is 409 g/mol. The highest BCUT2D eigenvalue weighted by Gasteiger charge is 2.15. The van der Waals surface area contributed by atoms with E-state index < -0.39 is 17.4 Å². The summed E-state index contributed by atoms with van der Waals surface area (Å²) in [5, 5.41) is 28.8. The molecule has 0 aliphatic carbocycles. The van der Waals surface area contributed by atoms with Crippen LogP contribution < -0.4 is 4.74 Å². The van der Waals surface area contributed by atoms with Gasteiger partial charge < -0.3 is 14.8 Å². The van der Waals surface area contributed by atoms with E-state index in [0.717, 1.165) is 0 Å². The van der Waals surface area contributed by atoms with Gasteiger partial charge in [0, 0.05) is 22.5 Å². The van der Waals surface area contributed by atoms with E-state index >= 15 is 0 Å². The lowest BCUT2D eigenvalue weighted by molar-refractivity contribution is -0.384. The van der Waals surface area contributed by atoms with Crippen LogP contribution in [0.15, 0.2) is 46.6 Å². The molecule has 0 saturated carbocycles. The van der Waals surface area contributed by atoms with Crippen molar-refractivity contribution in [2.24, 2.45) is 10.2 Å². The monoisotopic (exact) mass is 408 g/mol. The fourth-order valence-electron chi connectivity index (χ4n) is 2.23. The van der Waals surface area contributed by atoms with E-state index in [1.54, 1.807) is 6.07 Å². The van der Waals surface area contributed by atoms with Crippen LogP contribution in [0, 0.1) is 10.1 Å². The van der Waals surface area contributed by atoms with Crippen molar-refractivity contribution >= 4 is 51.4 Å². The van der Waals surface area contributed by atoms with Crippen molar-refractivity contribution in [2.75, 3.05) is 6.61 Å². The molecule has 0 unspecified atom stereocenters. The number of ether oxygens (including phenoxy) is 1. The molecule has 0 fully saturated rings. The molecule has 3 rings (SSSR count). The number of rotatable bonds is 5. The first-order chi connectivity index (χ1) is 12.8. The van der Waals surface area contributed by atoms with Crippen LogP contribution in [0.25, 0.3) is 10.9 Å². The lowest BCUT2D eigenvalue weighted by Crippen LogP contribution is -2.08. The molecule has 27 heavy (non-hydrogen) atoms. The summed E-state index contributed by atoms with van der Waals surface area (Å²) in [4.78, 5) is 24.8. The minimum Gasteiger partial charge on any atom is -0.493 e. The van der Waals surface area contributed by atoms with Crippen LogP contribution in [0.3, 0.4) is 0 Å². The van der Waals surface area contributed by atoms with E-state index in [-0.39, 0.29) is 33.4 Å². The van der Waals surface area contributed by atoms with E-state index in [1.165, 1.54) is 30.3 Å². The number of aromatic hydroxyl groups is 1. The van der Waals surface area contributed by atoms with Gasteiger partial charge in [-0.05, 0) is 24.3 Å². The zero-order chi connectivity index (χ0) is 19.6. The molecule has 1 aromatic heterocycles. The molecule has 138 valence electrons. The number of nitrogens with zero attached hydrogens (tertiary/aromatic N) is 3. The predicted molar refractivity (Wildman–Crippen MR) is 98.1 cm³/mol.